The number of aromatic nitrogens is 3. The first kappa shape index (κ1) is 31.0. The third kappa shape index (κ3) is 4.80. The highest BCUT2D eigenvalue weighted by molar-refractivity contribution is 7.26. The van der Waals surface area contributed by atoms with Gasteiger partial charge in [-0.15, -0.1) is 11.3 Å². The molecule has 0 spiro atoms. The summed E-state index contributed by atoms with van der Waals surface area (Å²) in [7, 11) is 0. The third-order valence-electron chi connectivity index (χ3n) is 10.5. The molecule has 4 aromatic heterocycles. The Morgan fingerprint density at radius 2 is 1.27 bits per heavy atom. The van der Waals surface area contributed by atoms with Crippen LogP contribution in [0.1, 0.15) is 46.2 Å². The van der Waals surface area contributed by atoms with Gasteiger partial charge in [-0.2, -0.15) is 0 Å². The van der Waals surface area contributed by atoms with Gasteiger partial charge in [0.15, 0.2) is 5.82 Å². The maximum Gasteiger partial charge on any atom is 0.160 e. The lowest BCUT2D eigenvalue weighted by molar-refractivity contribution is 0.591. The second-order valence-electron chi connectivity index (χ2n) is 15.2. The second-order valence-corrected chi connectivity index (χ2v) is 16.3. The Balaban J connectivity index is 1.20. The quantitative estimate of drug-likeness (QED) is 0.184. The fraction of sp³-hybridized carbons (Fsp3) is 0.149. The van der Waals surface area contributed by atoms with Gasteiger partial charge in [0, 0.05) is 70.0 Å². The predicted molar refractivity (Wildman–Crippen MR) is 221 cm³/mol. The van der Waals surface area contributed by atoms with E-state index in [1.807, 2.05) is 17.4 Å². The van der Waals surface area contributed by atoms with Gasteiger partial charge in [-0.3, -0.25) is 0 Å². The molecule has 0 fully saturated rings. The van der Waals surface area contributed by atoms with Crippen LogP contribution in [-0.2, 0) is 5.41 Å². The number of hydrogen-bond donors (Lipinski definition) is 0. The molecular formula is C47H37N3OS. The highest BCUT2D eigenvalue weighted by Crippen LogP contribution is 2.44. The Labute approximate surface area is 306 Å². The normalized spacial score (nSPS) is 12.5. The Morgan fingerprint density at radius 1 is 0.558 bits per heavy atom. The Hall–Kier alpha value is -5.78. The Kier molecular flexibility index (Phi) is 6.77. The van der Waals surface area contributed by atoms with Crippen molar-refractivity contribution in [2.75, 3.05) is 0 Å². The number of para-hydroxylation sites is 1. The number of furan rings is 1. The molecule has 0 N–H and O–H groups in total. The molecule has 0 unspecified atom stereocenters. The summed E-state index contributed by atoms with van der Waals surface area (Å²) in [6.07, 6.45) is 0. The molecule has 0 aliphatic carbocycles. The van der Waals surface area contributed by atoms with Gasteiger partial charge in [0.25, 0.3) is 0 Å². The molecule has 0 aliphatic rings. The zero-order valence-electron chi connectivity index (χ0n) is 29.9. The summed E-state index contributed by atoms with van der Waals surface area (Å²) in [6.45, 7) is 11.3. The maximum atomic E-state index is 6.52. The standard InChI is InChI=1S/C47H37N3OS/c1-27(2)50-38-14-10-9-13-32(38)33-18-15-30(24-39(33)50)46-48-36(28-11-7-6-8-12-28)26-37(49-46)29-16-19-40-34(23-29)44-41(51-40)20-22-43-45(44)35-25-31(47(3,4)5)17-21-42(35)52-43/h6-27H,1-5H3. The van der Waals surface area contributed by atoms with Crippen molar-refractivity contribution < 1.29 is 4.42 Å². The predicted octanol–water partition coefficient (Wildman–Crippen LogP) is 13.7. The van der Waals surface area contributed by atoms with Gasteiger partial charge in [-0.05, 0) is 85.5 Å². The van der Waals surface area contributed by atoms with E-state index < -0.39 is 0 Å². The van der Waals surface area contributed by atoms with Gasteiger partial charge in [-0.1, -0.05) is 87.5 Å². The molecule has 0 saturated carbocycles. The smallest absolute Gasteiger partial charge is 0.160 e. The van der Waals surface area contributed by atoms with Gasteiger partial charge >= 0.3 is 0 Å². The van der Waals surface area contributed by atoms with Crippen LogP contribution in [0.2, 0.25) is 0 Å². The van der Waals surface area contributed by atoms with Crippen molar-refractivity contribution in [3.63, 3.8) is 0 Å². The van der Waals surface area contributed by atoms with E-state index in [4.69, 9.17) is 14.4 Å². The summed E-state index contributed by atoms with van der Waals surface area (Å²) in [5, 5.41) is 7.32. The van der Waals surface area contributed by atoms with Crippen molar-refractivity contribution >= 4 is 75.3 Å². The molecule has 0 atom stereocenters. The largest absolute Gasteiger partial charge is 0.456 e. The minimum Gasteiger partial charge on any atom is -0.456 e. The SMILES string of the molecule is CC(C)n1c2ccccc2c2ccc(-c3nc(-c4ccccc4)cc(-c4ccc5oc6ccc7sc8ccc(C(C)(C)C)cc8c7c6c5c4)n3)cc21. The van der Waals surface area contributed by atoms with Crippen molar-refractivity contribution in [3.8, 4) is 33.9 Å². The zero-order valence-corrected chi connectivity index (χ0v) is 30.7. The summed E-state index contributed by atoms with van der Waals surface area (Å²) in [4.78, 5) is 10.5. The lowest BCUT2D eigenvalue weighted by atomic mass is 9.86. The monoisotopic (exact) mass is 691 g/mol. The molecule has 0 bridgehead atoms. The van der Waals surface area contributed by atoms with E-state index >= 15 is 0 Å². The average molecular weight is 692 g/mol. The summed E-state index contributed by atoms with van der Waals surface area (Å²) >= 11 is 1.85. The van der Waals surface area contributed by atoms with Gasteiger partial charge in [0.05, 0.1) is 16.9 Å². The van der Waals surface area contributed by atoms with E-state index in [0.717, 1.165) is 50.0 Å². The van der Waals surface area contributed by atoms with Gasteiger partial charge < -0.3 is 8.98 Å². The molecule has 0 radical (unpaired) electrons. The number of thiophene rings is 1. The van der Waals surface area contributed by atoms with Crippen LogP contribution in [-0.4, -0.2) is 14.5 Å². The highest BCUT2D eigenvalue weighted by atomic mass is 32.1. The van der Waals surface area contributed by atoms with E-state index in [2.05, 4.69) is 161 Å². The molecule has 10 aromatic rings. The minimum atomic E-state index is 0.0546. The van der Waals surface area contributed by atoms with E-state index in [0.29, 0.717) is 11.9 Å². The van der Waals surface area contributed by atoms with E-state index in [1.165, 1.54) is 47.5 Å². The maximum absolute atomic E-state index is 6.52. The molecule has 252 valence electrons. The van der Waals surface area contributed by atoms with Crippen LogP contribution >= 0.6 is 11.3 Å². The molecule has 52 heavy (non-hydrogen) atoms. The summed E-state index contributed by atoms with van der Waals surface area (Å²) in [5.74, 6) is 0.705. The van der Waals surface area contributed by atoms with Gasteiger partial charge in [0.1, 0.15) is 11.2 Å². The highest BCUT2D eigenvalue weighted by Gasteiger charge is 2.21. The van der Waals surface area contributed by atoms with E-state index in [1.54, 1.807) is 0 Å². The van der Waals surface area contributed by atoms with Crippen LogP contribution in [0.15, 0.2) is 132 Å². The van der Waals surface area contributed by atoms with Crippen LogP contribution in [0.5, 0.6) is 0 Å². The number of benzene rings is 6. The first-order valence-corrected chi connectivity index (χ1v) is 18.8. The third-order valence-corrected chi connectivity index (χ3v) is 11.6. The fourth-order valence-electron chi connectivity index (χ4n) is 7.94. The number of hydrogen-bond acceptors (Lipinski definition) is 4. The number of rotatable bonds is 4. The molecule has 0 saturated heterocycles. The average Bonchev–Trinajstić information content (AvgIpc) is 3.83. The van der Waals surface area contributed by atoms with Crippen LogP contribution < -0.4 is 0 Å². The number of fused-ring (bicyclic) bond motifs is 10. The van der Waals surface area contributed by atoms with Crippen LogP contribution in [0.25, 0.3) is 97.8 Å². The molecule has 0 aliphatic heterocycles. The van der Waals surface area contributed by atoms with Crippen molar-refractivity contribution in [3.05, 3.63) is 133 Å². The Morgan fingerprint density at radius 3 is 2.08 bits per heavy atom. The van der Waals surface area contributed by atoms with Crippen molar-refractivity contribution in [2.24, 2.45) is 0 Å². The summed E-state index contributed by atoms with van der Waals surface area (Å²) < 4.78 is 11.5. The van der Waals surface area contributed by atoms with Crippen LogP contribution in [0, 0.1) is 0 Å². The number of nitrogens with zero attached hydrogens (tertiary/aromatic N) is 3. The fourth-order valence-corrected chi connectivity index (χ4v) is 9.03. The summed E-state index contributed by atoms with van der Waals surface area (Å²) in [5.41, 5.74) is 10.4. The molecule has 10 rings (SSSR count). The first-order chi connectivity index (χ1) is 25.2. The topological polar surface area (TPSA) is 43.9 Å². The molecule has 5 heteroatoms. The van der Waals surface area contributed by atoms with Crippen LogP contribution in [0.3, 0.4) is 0 Å². The van der Waals surface area contributed by atoms with E-state index in [-0.39, 0.29) is 5.41 Å². The Bertz CT molecular complexity index is 3030. The minimum absolute atomic E-state index is 0.0546. The molecule has 0 amide bonds. The van der Waals surface area contributed by atoms with Crippen molar-refractivity contribution in [1.29, 1.82) is 0 Å². The second kappa shape index (κ2) is 11.4. The lowest BCUT2D eigenvalue weighted by Gasteiger charge is -2.18. The van der Waals surface area contributed by atoms with Gasteiger partial charge in [0.2, 0.25) is 0 Å². The molecule has 4 nitrogen and oxygen atoms in total. The van der Waals surface area contributed by atoms with Crippen LogP contribution in [0.4, 0.5) is 0 Å². The molecule has 6 aromatic carbocycles. The van der Waals surface area contributed by atoms with Crippen molar-refractivity contribution in [2.45, 2.75) is 46.1 Å². The lowest BCUT2D eigenvalue weighted by Crippen LogP contribution is -2.10. The zero-order chi connectivity index (χ0) is 35.3. The molecular weight excluding hydrogens is 655 g/mol. The van der Waals surface area contributed by atoms with Gasteiger partial charge in [-0.25, -0.2) is 9.97 Å². The molecule has 4 heterocycles. The summed E-state index contributed by atoms with van der Waals surface area (Å²) in [6, 6.07) is 45.9. The van der Waals surface area contributed by atoms with Crippen molar-refractivity contribution in [1.82, 2.24) is 14.5 Å². The van der Waals surface area contributed by atoms with E-state index in [9.17, 15) is 0 Å². The first-order valence-electron chi connectivity index (χ1n) is 18.0.